The molecule has 0 radical (unpaired) electrons. The number of fused-ring (bicyclic) bond motifs is 1. The van der Waals surface area contributed by atoms with E-state index >= 15 is 0 Å². The third-order valence-electron chi connectivity index (χ3n) is 3.42. The highest BCUT2D eigenvalue weighted by Crippen LogP contribution is 2.26. The van der Waals surface area contributed by atoms with Gasteiger partial charge in [0.15, 0.2) is 4.96 Å². The van der Waals surface area contributed by atoms with Crippen LogP contribution in [-0.4, -0.2) is 16.5 Å². The molecule has 0 atom stereocenters. The van der Waals surface area contributed by atoms with Crippen LogP contribution in [0.3, 0.4) is 0 Å². The first-order valence-corrected chi connectivity index (χ1v) is 8.29. The molecule has 6 heteroatoms. The first kappa shape index (κ1) is 14.6. The van der Waals surface area contributed by atoms with Crippen LogP contribution in [0.1, 0.15) is 17.0 Å². The molecular weight excluding hydrogens is 350 g/mol. The normalized spacial score (nSPS) is 11.2. The van der Waals surface area contributed by atoms with Crippen LogP contribution in [0, 0.1) is 6.92 Å². The van der Waals surface area contributed by atoms with Crippen LogP contribution in [0.4, 0.5) is 5.69 Å². The molecule has 21 heavy (non-hydrogen) atoms. The largest absolute Gasteiger partial charge is 0.380 e. The molecule has 3 aromatic rings. The highest BCUT2D eigenvalue weighted by Gasteiger charge is 2.11. The van der Waals surface area contributed by atoms with Crippen molar-refractivity contribution in [3.8, 4) is 0 Å². The summed E-state index contributed by atoms with van der Waals surface area (Å²) in [7, 11) is 1.71. The molecule has 0 aliphatic carbocycles. The summed E-state index contributed by atoms with van der Waals surface area (Å²) in [6.45, 7) is 3.35. The zero-order valence-corrected chi connectivity index (χ0v) is 14.3. The average molecular weight is 366 g/mol. The van der Waals surface area contributed by atoms with Gasteiger partial charge in [-0.1, -0.05) is 22.0 Å². The summed E-state index contributed by atoms with van der Waals surface area (Å²) in [6, 6.07) is 6.12. The van der Waals surface area contributed by atoms with Crippen molar-refractivity contribution in [2.75, 3.05) is 12.4 Å². The Bertz CT molecular complexity index is 765. The number of benzene rings is 1. The minimum absolute atomic E-state index is 0.572. The Morgan fingerprint density at radius 1 is 1.43 bits per heavy atom. The van der Waals surface area contributed by atoms with Gasteiger partial charge in [-0.25, -0.2) is 4.98 Å². The van der Waals surface area contributed by atoms with Gasteiger partial charge in [0.05, 0.1) is 24.5 Å². The molecule has 1 aromatic carbocycles. The number of ether oxygens (including phenoxy) is 1. The maximum atomic E-state index is 5.28. The average Bonchev–Trinajstić information content (AvgIpc) is 3.01. The third-order valence-corrected chi connectivity index (χ3v) is 4.91. The van der Waals surface area contributed by atoms with Gasteiger partial charge in [0.1, 0.15) is 0 Å². The molecule has 0 saturated heterocycles. The second-order valence-corrected chi connectivity index (χ2v) is 6.48. The summed E-state index contributed by atoms with van der Waals surface area (Å²) < 4.78 is 8.48. The van der Waals surface area contributed by atoms with Gasteiger partial charge in [-0.2, -0.15) is 0 Å². The molecule has 4 nitrogen and oxygen atoms in total. The number of imidazole rings is 1. The van der Waals surface area contributed by atoms with E-state index in [-0.39, 0.29) is 0 Å². The molecule has 0 bridgehead atoms. The minimum atomic E-state index is 0.572. The van der Waals surface area contributed by atoms with Crippen LogP contribution >= 0.6 is 27.3 Å². The van der Waals surface area contributed by atoms with Crippen molar-refractivity contribution in [2.24, 2.45) is 0 Å². The van der Waals surface area contributed by atoms with E-state index in [2.05, 4.69) is 48.3 Å². The smallest absolute Gasteiger partial charge is 0.194 e. The van der Waals surface area contributed by atoms with Crippen molar-refractivity contribution < 1.29 is 4.74 Å². The van der Waals surface area contributed by atoms with E-state index in [9.17, 15) is 0 Å². The number of methoxy groups -OCH3 is 1. The van der Waals surface area contributed by atoms with Crippen molar-refractivity contribution in [2.45, 2.75) is 20.1 Å². The lowest BCUT2D eigenvalue weighted by Crippen LogP contribution is -2.06. The number of halogens is 1. The molecule has 1 N–H and O–H groups in total. The van der Waals surface area contributed by atoms with E-state index in [4.69, 9.17) is 4.74 Å². The zero-order chi connectivity index (χ0) is 14.8. The molecular formula is C15H16BrN3OS. The van der Waals surface area contributed by atoms with Crippen molar-refractivity contribution in [1.82, 2.24) is 9.38 Å². The number of aryl methyl sites for hydroxylation is 1. The second kappa shape index (κ2) is 6.17. The SMILES string of the molecule is COCc1c(Br)cccc1NCc1c(C)nc2sccn12. The Balaban J connectivity index is 1.86. The summed E-state index contributed by atoms with van der Waals surface area (Å²) >= 11 is 5.23. The van der Waals surface area contributed by atoms with Crippen LogP contribution in [-0.2, 0) is 17.9 Å². The number of aromatic nitrogens is 2. The molecule has 110 valence electrons. The van der Waals surface area contributed by atoms with Gasteiger partial charge < -0.3 is 10.1 Å². The van der Waals surface area contributed by atoms with Crippen LogP contribution in [0.2, 0.25) is 0 Å². The second-order valence-electron chi connectivity index (χ2n) is 4.75. The molecule has 0 aliphatic heterocycles. The number of anilines is 1. The van der Waals surface area contributed by atoms with Gasteiger partial charge in [0, 0.05) is 34.4 Å². The van der Waals surface area contributed by atoms with E-state index in [0.717, 1.165) is 32.9 Å². The molecule has 0 aliphatic rings. The monoisotopic (exact) mass is 365 g/mol. The zero-order valence-electron chi connectivity index (χ0n) is 11.9. The predicted molar refractivity (Wildman–Crippen MR) is 90.0 cm³/mol. The van der Waals surface area contributed by atoms with Crippen LogP contribution < -0.4 is 5.32 Å². The number of hydrogen-bond donors (Lipinski definition) is 1. The fourth-order valence-electron chi connectivity index (χ4n) is 2.35. The standard InChI is InChI=1S/C15H16BrN3OS/c1-10-14(19-6-7-21-15(19)18-10)8-17-13-5-3-4-12(16)11(13)9-20-2/h3-7,17H,8-9H2,1-2H3. The molecule has 0 amide bonds. The van der Waals surface area contributed by atoms with Gasteiger partial charge >= 0.3 is 0 Å². The van der Waals surface area contributed by atoms with Crippen molar-refractivity contribution in [1.29, 1.82) is 0 Å². The number of thiazole rings is 1. The molecule has 3 rings (SSSR count). The molecule has 2 aromatic heterocycles. The van der Waals surface area contributed by atoms with E-state index in [1.54, 1.807) is 18.4 Å². The molecule has 0 spiro atoms. The van der Waals surface area contributed by atoms with Gasteiger partial charge in [-0.15, -0.1) is 11.3 Å². The lowest BCUT2D eigenvalue weighted by Gasteiger charge is -2.13. The van der Waals surface area contributed by atoms with Crippen molar-refractivity contribution in [3.63, 3.8) is 0 Å². The maximum Gasteiger partial charge on any atom is 0.194 e. The first-order chi connectivity index (χ1) is 10.2. The van der Waals surface area contributed by atoms with E-state index in [0.29, 0.717) is 6.61 Å². The van der Waals surface area contributed by atoms with Gasteiger partial charge in [-0.3, -0.25) is 4.40 Å². The Kier molecular flexibility index (Phi) is 4.28. The molecule has 2 heterocycles. The molecule has 0 unspecified atom stereocenters. The lowest BCUT2D eigenvalue weighted by molar-refractivity contribution is 0.185. The summed E-state index contributed by atoms with van der Waals surface area (Å²) in [5.41, 5.74) is 4.46. The Morgan fingerprint density at radius 2 is 2.29 bits per heavy atom. The Morgan fingerprint density at radius 3 is 3.10 bits per heavy atom. The number of nitrogens with zero attached hydrogens (tertiary/aromatic N) is 2. The first-order valence-electron chi connectivity index (χ1n) is 6.62. The number of hydrogen-bond acceptors (Lipinski definition) is 4. The van der Waals surface area contributed by atoms with Gasteiger partial charge in [-0.05, 0) is 19.1 Å². The number of nitrogens with one attached hydrogen (secondary N) is 1. The topological polar surface area (TPSA) is 38.6 Å². The Labute approximate surface area is 135 Å². The van der Waals surface area contributed by atoms with E-state index in [1.807, 2.05) is 19.1 Å². The third kappa shape index (κ3) is 2.84. The highest BCUT2D eigenvalue weighted by molar-refractivity contribution is 9.10. The summed E-state index contributed by atoms with van der Waals surface area (Å²) in [5.74, 6) is 0. The van der Waals surface area contributed by atoms with E-state index in [1.165, 1.54) is 5.69 Å². The number of rotatable bonds is 5. The predicted octanol–water partition coefficient (Wildman–Crippen LogP) is 4.23. The van der Waals surface area contributed by atoms with Crippen molar-refractivity contribution >= 4 is 37.9 Å². The van der Waals surface area contributed by atoms with Crippen LogP contribution in [0.25, 0.3) is 4.96 Å². The summed E-state index contributed by atoms with van der Waals surface area (Å²) in [4.78, 5) is 5.61. The van der Waals surface area contributed by atoms with E-state index < -0.39 is 0 Å². The van der Waals surface area contributed by atoms with Crippen LogP contribution in [0.15, 0.2) is 34.2 Å². The summed E-state index contributed by atoms with van der Waals surface area (Å²) in [6.07, 6.45) is 2.06. The molecule has 0 saturated carbocycles. The van der Waals surface area contributed by atoms with Crippen molar-refractivity contribution in [3.05, 3.63) is 51.2 Å². The van der Waals surface area contributed by atoms with Gasteiger partial charge in [0.2, 0.25) is 0 Å². The minimum Gasteiger partial charge on any atom is -0.380 e. The summed E-state index contributed by atoms with van der Waals surface area (Å²) in [5, 5.41) is 5.55. The maximum absolute atomic E-state index is 5.28. The fourth-order valence-corrected chi connectivity index (χ4v) is 3.61. The fraction of sp³-hybridized carbons (Fsp3) is 0.267. The van der Waals surface area contributed by atoms with Gasteiger partial charge in [0.25, 0.3) is 0 Å². The Hall–Kier alpha value is -1.37. The quantitative estimate of drug-likeness (QED) is 0.735. The highest BCUT2D eigenvalue weighted by atomic mass is 79.9. The molecule has 0 fully saturated rings. The lowest BCUT2D eigenvalue weighted by atomic mass is 10.2. The van der Waals surface area contributed by atoms with Crippen LogP contribution in [0.5, 0.6) is 0 Å².